The van der Waals surface area contributed by atoms with Crippen LogP contribution in [-0.2, 0) is 16.0 Å². The first kappa shape index (κ1) is 12.8. The van der Waals surface area contributed by atoms with Crippen molar-refractivity contribution in [1.82, 2.24) is 9.38 Å². The highest BCUT2D eigenvalue weighted by Crippen LogP contribution is 2.14. The fraction of sp³-hybridized carbons (Fsp3) is 0.417. The molecule has 0 radical (unpaired) electrons. The second kappa shape index (κ2) is 5.30. The number of aryl methyl sites for hydroxylation is 2. The molecule has 5 nitrogen and oxygen atoms in total. The number of fused-ring (bicyclic) bond motifs is 1. The van der Waals surface area contributed by atoms with E-state index in [4.69, 9.17) is 4.74 Å². The number of carbonyl (C=O) groups excluding carboxylic acids is 1. The van der Waals surface area contributed by atoms with Gasteiger partial charge in [0.05, 0.1) is 13.0 Å². The summed E-state index contributed by atoms with van der Waals surface area (Å²) in [5.41, 5.74) is 1.41. The summed E-state index contributed by atoms with van der Waals surface area (Å²) in [4.78, 5) is 28.1. The van der Waals surface area contributed by atoms with Crippen LogP contribution in [-0.4, -0.2) is 22.0 Å². The van der Waals surface area contributed by atoms with Gasteiger partial charge in [-0.15, -0.1) is 11.3 Å². The lowest BCUT2D eigenvalue weighted by molar-refractivity contribution is -0.143. The first-order valence-electron chi connectivity index (χ1n) is 5.74. The number of hydrogen-bond donors (Lipinski definition) is 0. The first-order valence-corrected chi connectivity index (χ1v) is 6.62. The molecule has 0 amide bonds. The molecule has 6 heteroatoms. The van der Waals surface area contributed by atoms with Gasteiger partial charge < -0.3 is 4.74 Å². The van der Waals surface area contributed by atoms with Gasteiger partial charge in [0, 0.05) is 22.8 Å². The molecule has 0 fully saturated rings. The Morgan fingerprint density at radius 1 is 1.56 bits per heavy atom. The summed E-state index contributed by atoms with van der Waals surface area (Å²) < 4.78 is 6.42. The molecule has 0 aliphatic rings. The molecule has 0 aromatic carbocycles. The van der Waals surface area contributed by atoms with E-state index in [1.165, 1.54) is 17.4 Å². The van der Waals surface area contributed by atoms with E-state index in [0.717, 1.165) is 5.69 Å². The minimum Gasteiger partial charge on any atom is -0.466 e. The second-order valence-electron chi connectivity index (χ2n) is 3.89. The number of thiazole rings is 1. The fourth-order valence-electron chi connectivity index (χ4n) is 1.72. The molecule has 0 aliphatic heterocycles. The summed E-state index contributed by atoms with van der Waals surface area (Å²) in [6, 6.07) is 1.49. The van der Waals surface area contributed by atoms with Crippen molar-refractivity contribution in [3.8, 4) is 0 Å². The molecule has 0 aliphatic carbocycles. The zero-order valence-electron chi connectivity index (χ0n) is 10.3. The van der Waals surface area contributed by atoms with Gasteiger partial charge in [0.2, 0.25) is 0 Å². The van der Waals surface area contributed by atoms with Crippen LogP contribution >= 0.6 is 11.3 Å². The molecule has 2 aromatic heterocycles. The maximum atomic E-state index is 11.9. The van der Waals surface area contributed by atoms with Gasteiger partial charge in [0.25, 0.3) is 5.56 Å². The van der Waals surface area contributed by atoms with E-state index < -0.39 is 0 Å². The van der Waals surface area contributed by atoms with Crippen molar-refractivity contribution in [3.63, 3.8) is 0 Å². The molecule has 2 aromatic rings. The molecule has 0 N–H and O–H groups in total. The second-order valence-corrected chi connectivity index (χ2v) is 4.72. The molecule has 0 bridgehead atoms. The minimum atomic E-state index is -0.245. The predicted octanol–water partition coefficient (Wildman–Crippen LogP) is 1.56. The van der Waals surface area contributed by atoms with Gasteiger partial charge >= 0.3 is 5.97 Å². The van der Waals surface area contributed by atoms with Gasteiger partial charge in [0.1, 0.15) is 0 Å². The number of rotatable bonds is 4. The highest BCUT2D eigenvalue weighted by molar-refractivity contribution is 7.15. The maximum absolute atomic E-state index is 11.9. The van der Waals surface area contributed by atoms with Gasteiger partial charge in [-0.1, -0.05) is 0 Å². The summed E-state index contributed by atoms with van der Waals surface area (Å²) in [6.07, 6.45) is 0.767. The number of carbonyl (C=O) groups is 1. The summed E-state index contributed by atoms with van der Waals surface area (Å²) in [5.74, 6) is -0.245. The van der Waals surface area contributed by atoms with E-state index >= 15 is 0 Å². The standard InChI is InChI=1S/C12H14N2O3S/c1-3-17-11(16)5-4-9-7-18-12-13-8(2)6-10(15)14(9)12/h6-7H,3-5H2,1-2H3. The van der Waals surface area contributed by atoms with Crippen LogP contribution in [0.15, 0.2) is 16.2 Å². The number of hydrogen-bond acceptors (Lipinski definition) is 5. The molecule has 0 saturated carbocycles. The Morgan fingerprint density at radius 2 is 2.33 bits per heavy atom. The van der Waals surface area contributed by atoms with Gasteiger partial charge in [-0.2, -0.15) is 0 Å². The number of aromatic nitrogens is 2. The van der Waals surface area contributed by atoms with Crippen molar-refractivity contribution in [2.75, 3.05) is 6.61 Å². The Hall–Kier alpha value is -1.69. The minimum absolute atomic E-state index is 0.0994. The molecule has 2 rings (SSSR count). The molecule has 0 spiro atoms. The third-order valence-electron chi connectivity index (χ3n) is 2.49. The molecule has 0 saturated heterocycles. The Morgan fingerprint density at radius 3 is 3.06 bits per heavy atom. The van der Waals surface area contributed by atoms with Gasteiger partial charge in [-0.05, 0) is 20.3 Å². The molecule has 96 valence electrons. The van der Waals surface area contributed by atoms with E-state index in [2.05, 4.69) is 4.98 Å². The Balaban J connectivity index is 2.25. The number of nitrogens with zero attached hydrogens (tertiary/aromatic N) is 2. The quantitative estimate of drug-likeness (QED) is 0.788. The van der Waals surface area contributed by atoms with Crippen LogP contribution in [0, 0.1) is 6.92 Å². The third-order valence-corrected chi connectivity index (χ3v) is 3.37. The van der Waals surface area contributed by atoms with E-state index in [0.29, 0.717) is 23.7 Å². The van der Waals surface area contributed by atoms with E-state index in [1.807, 2.05) is 5.38 Å². The van der Waals surface area contributed by atoms with Crippen molar-refractivity contribution in [3.05, 3.63) is 33.2 Å². The summed E-state index contributed by atoms with van der Waals surface area (Å²) >= 11 is 1.41. The normalized spacial score (nSPS) is 10.8. The summed E-state index contributed by atoms with van der Waals surface area (Å²) in [5, 5.41) is 1.86. The maximum Gasteiger partial charge on any atom is 0.306 e. The van der Waals surface area contributed by atoms with Crippen LogP contribution in [0.3, 0.4) is 0 Å². The van der Waals surface area contributed by atoms with E-state index in [1.54, 1.807) is 18.2 Å². The van der Waals surface area contributed by atoms with Gasteiger partial charge in [-0.3, -0.25) is 14.0 Å². The van der Waals surface area contributed by atoms with Crippen molar-refractivity contribution < 1.29 is 9.53 Å². The molecule has 2 heterocycles. The number of ether oxygens (including phenoxy) is 1. The van der Waals surface area contributed by atoms with Crippen molar-refractivity contribution in [2.24, 2.45) is 0 Å². The molecular weight excluding hydrogens is 252 g/mol. The molecule has 0 unspecified atom stereocenters. The third kappa shape index (κ3) is 2.59. The summed E-state index contributed by atoms with van der Waals surface area (Å²) in [7, 11) is 0. The van der Waals surface area contributed by atoms with Crippen LogP contribution in [0.2, 0.25) is 0 Å². The monoisotopic (exact) mass is 266 g/mol. The van der Waals surface area contributed by atoms with Gasteiger partial charge in [-0.25, -0.2) is 4.98 Å². The largest absolute Gasteiger partial charge is 0.466 e. The van der Waals surface area contributed by atoms with Crippen LogP contribution < -0.4 is 5.56 Å². The van der Waals surface area contributed by atoms with Crippen LogP contribution in [0.1, 0.15) is 24.7 Å². The predicted molar refractivity (Wildman–Crippen MR) is 69.0 cm³/mol. The topological polar surface area (TPSA) is 60.7 Å². The lowest BCUT2D eigenvalue weighted by atomic mass is 10.2. The lowest BCUT2D eigenvalue weighted by Crippen LogP contribution is -2.16. The first-order chi connectivity index (χ1) is 8.61. The van der Waals surface area contributed by atoms with Crippen molar-refractivity contribution >= 4 is 22.3 Å². The summed E-state index contributed by atoms with van der Waals surface area (Å²) in [6.45, 7) is 3.94. The van der Waals surface area contributed by atoms with E-state index in [9.17, 15) is 9.59 Å². The van der Waals surface area contributed by atoms with Crippen LogP contribution in [0.25, 0.3) is 4.96 Å². The Kier molecular flexibility index (Phi) is 3.76. The molecule has 18 heavy (non-hydrogen) atoms. The highest BCUT2D eigenvalue weighted by atomic mass is 32.1. The lowest BCUT2D eigenvalue weighted by Gasteiger charge is -2.02. The fourth-order valence-corrected chi connectivity index (χ4v) is 2.70. The molecule has 0 atom stereocenters. The smallest absolute Gasteiger partial charge is 0.306 e. The van der Waals surface area contributed by atoms with Gasteiger partial charge in [0.15, 0.2) is 4.96 Å². The Labute approximate surface area is 108 Å². The molecular formula is C12H14N2O3S. The van der Waals surface area contributed by atoms with Crippen molar-refractivity contribution in [2.45, 2.75) is 26.7 Å². The average molecular weight is 266 g/mol. The van der Waals surface area contributed by atoms with E-state index in [-0.39, 0.29) is 17.9 Å². The van der Waals surface area contributed by atoms with Crippen molar-refractivity contribution in [1.29, 1.82) is 0 Å². The zero-order valence-corrected chi connectivity index (χ0v) is 11.1. The zero-order chi connectivity index (χ0) is 13.1. The SMILES string of the molecule is CCOC(=O)CCc1csc2nc(C)cc(=O)n12. The van der Waals surface area contributed by atoms with Crippen LogP contribution in [0.5, 0.6) is 0 Å². The number of esters is 1. The Bertz CT molecular complexity index is 630. The van der Waals surface area contributed by atoms with Crippen LogP contribution in [0.4, 0.5) is 0 Å². The average Bonchev–Trinajstić information content (AvgIpc) is 2.70. The highest BCUT2D eigenvalue weighted by Gasteiger charge is 2.10.